The summed E-state index contributed by atoms with van der Waals surface area (Å²) in [6.45, 7) is 6.01. The number of nitrogens with one attached hydrogen (secondary N) is 1. The van der Waals surface area contributed by atoms with Gasteiger partial charge in [0.1, 0.15) is 0 Å². The van der Waals surface area contributed by atoms with Crippen molar-refractivity contribution in [2.24, 2.45) is 11.7 Å². The highest BCUT2D eigenvalue weighted by atomic mass is 14.9. The minimum Gasteiger partial charge on any atom is -0.397 e. The number of hydrogen-bond acceptors (Lipinski definition) is 2. The lowest BCUT2D eigenvalue weighted by Crippen LogP contribution is -2.33. The maximum absolute atomic E-state index is 5.66. The van der Waals surface area contributed by atoms with E-state index in [0.717, 1.165) is 23.4 Å². The quantitative estimate of drug-likeness (QED) is 0.596. The van der Waals surface area contributed by atoms with E-state index in [1.165, 1.54) is 0 Å². The van der Waals surface area contributed by atoms with Gasteiger partial charge in [0, 0.05) is 18.7 Å². The van der Waals surface area contributed by atoms with E-state index in [1.54, 1.807) is 0 Å². The van der Waals surface area contributed by atoms with Gasteiger partial charge in [-0.3, -0.25) is 0 Å². The van der Waals surface area contributed by atoms with Crippen LogP contribution in [0.25, 0.3) is 0 Å². The van der Waals surface area contributed by atoms with E-state index < -0.39 is 0 Å². The lowest BCUT2D eigenvalue weighted by molar-refractivity contribution is 0.582. The highest BCUT2D eigenvalue weighted by molar-refractivity contribution is 5.47. The molecule has 0 aromatic carbocycles. The number of nitrogens with two attached hydrogens (primary N) is 1. The molecule has 0 fully saturated rings. The molecule has 0 saturated heterocycles. The molecule has 0 aliphatic heterocycles. The molecule has 0 radical (unpaired) electrons. The van der Waals surface area contributed by atoms with E-state index in [9.17, 15) is 0 Å². The van der Waals surface area contributed by atoms with Crippen LogP contribution in [-0.2, 0) is 0 Å². The summed E-state index contributed by atoms with van der Waals surface area (Å²) in [5.74, 6) is 0.491. The van der Waals surface area contributed by atoms with Gasteiger partial charge in [-0.25, -0.2) is 0 Å². The van der Waals surface area contributed by atoms with Crippen molar-refractivity contribution in [2.45, 2.75) is 13.3 Å². The Labute approximate surface area is 61.8 Å². The van der Waals surface area contributed by atoms with Gasteiger partial charge >= 0.3 is 0 Å². The summed E-state index contributed by atoms with van der Waals surface area (Å²) in [7, 11) is 1.90. The van der Waals surface area contributed by atoms with E-state index in [2.05, 4.69) is 18.8 Å². The van der Waals surface area contributed by atoms with Crippen molar-refractivity contribution in [3.8, 4) is 0 Å². The molecule has 1 aliphatic rings. The van der Waals surface area contributed by atoms with Gasteiger partial charge in [0.2, 0.25) is 0 Å². The second-order valence-electron chi connectivity index (χ2n) is 2.56. The Morgan fingerprint density at radius 3 is 2.60 bits per heavy atom. The maximum atomic E-state index is 5.66. The van der Waals surface area contributed by atoms with Crippen LogP contribution in [0.1, 0.15) is 13.3 Å². The third-order valence-electron chi connectivity index (χ3n) is 2.08. The molecule has 1 aliphatic carbocycles. The summed E-state index contributed by atoms with van der Waals surface area (Å²) in [4.78, 5) is 0. The minimum atomic E-state index is 0.491. The normalized spacial score (nSPS) is 24.6. The Kier molecular flexibility index (Phi) is 1.70. The van der Waals surface area contributed by atoms with E-state index in [1.807, 2.05) is 7.05 Å². The van der Waals surface area contributed by atoms with Crippen LogP contribution in [-0.4, -0.2) is 7.05 Å². The van der Waals surface area contributed by atoms with E-state index in [4.69, 9.17) is 5.73 Å². The molecule has 0 heterocycles. The number of hydrogen-bond donors (Lipinski definition) is 2. The predicted molar refractivity (Wildman–Crippen MR) is 43.2 cm³/mol. The fourth-order valence-electron chi connectivity index (χ4n) is 1.40. The third kappa shape index (κ3) is 0.719. The summed E-state index contributed by atoms with van der Waals surface area (Å²) in [5.41, 5.74) is 8.77. The summed E-state index contributed by atoms with van der Waals surface area (Å²) < 4.78 is 0. The summed E-state index contributed by atoms with van der Waals surface area (Å²) in [6.07, 6.45) is 1.09. The lowest BCUT2D eigenvalue weighted by Gasteiger charge is -2.32. The standard InChI is InChI=1S/C8H14N2/c1-4-6-5(2)7(9)8(6)10-3/h6,10H,2,4,9H2,1,3H3. The molecule has 1 rings (SSSR count). The van der Waals surface area contributed by atoms with Crippen molar-refractivity contribution < 1.29 is 0 Å². The fraction of sp³-hybridized carbons (Fsp3) is 0.500. The molecule has 0 saturated carbocycles. The molecule has 2 heteroatoms. The van der Waals surface area contributed by atoms with Gasteiger partial charge in [-0.15, -0.1) is 0 Å². The smallest absolute Gasteiger partial charge is 0.0546 e. The maximum Gasteiger partial charge on any atom is 0.0546 e. The van der Waals surface area contributed by atoms with E-state index in [-0.39, 0.29) is 0 Å². The van der Waals surface area contributed by atoms with Crippen molar-refractivity contribution in [3.63, 3.8) is 0 Å². The van der Waals surface area contributed by atoms with Gasteiger partial charge < -0.3 is 11.1 Å². The zero-order chi connectivity index (χ0) is 7.72. The zero-order valence-electron chi connectivity index (χ0n) is 6.57. The molecule has 56 valence electrons. The summed E-state index contributed by atoms with van der Waals surface area (Å²) in [6, 6.07) is 0. The second-order valence-corrected chi connectivity index (χ2v) is 2.56. The molecule has 0 aromatic heterocycles. The van der Waals surface area contributed by atoms with Crippen LogP contribution < -0.4 is 11.1 Å². The monoisotopic (exact) mass is 138 g/mol. The second kappa shape index (κ2) is 2.37. The van der Waals surface area contributed by atoms with Crippen molar-refractivity contribution >= 4 is 0 Å². The molecule has 2 nitrogen and oxygen atoms in total. The van der Waals surface area contributed by atoms with Gasteiger partial charge in [0.05, 0.1) is 5.70 Å². The van der Waals surface area contributed by atoms with Crippen LogP contribution in [0.2, 0.25) is 0 Å². The molecular formula is C8H14N2. The van der Waals surface area contributed by atoms with Crippen LogP contribution in [0.5, 0.6) is 0 Å². The largest absolute Gasteiger partial charge is 0.397 e. The molecule has 0 bridgehead atoms. The van der Waals surface area contributed by atoms with Crippen LogP contribution in [0.4, 0.5) is 0 Å². The average Bonchev–Trinajstić information content (AvgIpc) is 1.97. The van der Waals surface area contributed by atoms with Crippen LogP contribution in [0, 0.1) is 5.92 Å². The Bertz CT molecular complexity index is 191. The Hall–Kier alpha value is -0.920. The van der Waals surface area contributed by atoms with Gasteiger partial charge in [-0.05, 0) is 12.0 Å². The number of rotatable bonds is 2. The highest BCUT2D eigenvalue weighted by Gasteiger charge is 2.29. The minimum absolute atomic E-state index is 0.491. The molecule has 1 unspecified atom stereocenters. The van der Waals surface area contributed by atoms with Crippen molar-refractivity contribution in [2.75, 3.05) is 7.05 Å². The Morgan fingerprint density at radius 1 is 1.70 bits per heavy atom. The molecule has 10 heavy (non-hydrogen) atoms. The first-order valence-corrected chi connectivity index (χ1v) is 3.58. The average molecular weight is 138 g/mol. The van der Waals surface area contributed by atoms with Crippen LogP contribution in [0.15, 0.2) is 23.5 Å². The summed E-state index contributed by atoms with van der Waals surface area (Å²) >= 11 is 0. The third-order valence-corrected chi connectivity index (χ3v) is 2.08. The molecule has 0 spiro atoms. The molecule has 0 aromatic rings. The van der Waals surface area contributed by atoms with Crippen LogP contribution in [0.3, 0.4) is 0 Å². The van der Waals surface area contributed by atoms with Crippen molar-refractivity contribution in [3.05, 3.63) is 23.5 Å². The topological polar surface area (TPSA) is 38.0 Å². The van der Waals surface area contributed by atoms with E-state index >= 15 is 0 Å². The zero-order valence-corrected chi connectivity index (χ0v) is 6.57. The molecular weight excluding hydrogens is 124 g/mol. The summed E-state index contributed by atoms with van der Waals surface area (Å²) in [5, 5.41) is 3.08. The van der Waals surface area contributed by atoms with Gasteiger partial charge in [0.25, 0.3) is 0 Å². The molecule has 1 atom stereocenters. The molecule has 3 N–H and O–H groups in total. The Balaban J connectivity index is 2.78. The first-order valence-electron chi connectivity index (χ1n) is 3.58. The first kappa shape index (κ1) is 7.19. The highest BCUT2D eigenvalue weighted by Crippen LogP contribution is 2.35. The van der Waals surface area contributed by atoms with Gasteiger partial charge in [0.15, 0.2) is 0 Å². The first-order chi connectivity index (χ1) is 4.72. The SMILES string of the molecule is C=C1C(N)=C(NC)C1CC. The van der Waals surface area contributed by atoms with Gasteiger partial charge in [-0.2, -0.15) is 0 Å². The van der Waals surface area contributed by atoms with Crippen LogP contribution >= 0.6 is 0 Å². The van der Waals surface area contributed by atoms with Gasteiger partial charge in [-0.1, -0.05) is 13.5 Å². The Morgan fingerprint density at radius 2 is 2.30 bits per heavy atom. The fourth-order valence-corrected chi connectivity index (χ4v) is 1.40. The lowest BCUT2D eigenvalue weighted by atomic mass is 9.80. The van der Waals surface area contributed by atoms with E-state index in [0.29, 0.717) is 5.92 Å². The molecule has 0 amide bonds. The number of allylic oxidation sites excluding steroid dienone is 2. The predicted octanol–water partition coefficient (Wildman–Crippen LogP) is 0.972. The van der Waals surface area contributed by atoms with Crippen molar-refractivity contribution in [1.29, 1.82) is 0 Å². The van der Waals surface area contributed by atoms with Crippen molar-refractivity contribution in [1.82, 2.24) is 5.32 Å².